The Morgan fingerprint density at radius 1 is 1.11 bits per heavy atom. The van der Waals surface area contributed by atoms with E-state index in [9.17, 15) is 4.79 Å². The van der Waals surface area contributed by atoms with Crippen LogP contribution in [0, 0.1) is 6.92 Å². The van der Waals surface area contributed by atoms with Gasteiger partial charge in [-0.3, -0.25) is 9.78 Å². The lowest BCUT2D eigenvalue weighted by Crippen LogP contribution is -2.39. The Hall–Kier alpha value is -4.10. The first-order valence-corrected chi connectivity index (χ1v) is 12.2. The molecule has 2 aliphatic heterocycles. The van der Waals surface area contributed by atoms with Crippen LogP contribution in [0.4, 0.5) is 11.4 Å². The number of anilines is 2. The molecule has 0 amide bonds. The van der Waals surface area contributed by atoms with Crippen molar-refractivity contribution in [1.29, 1.82) is 0 Å². The summed E-state index contributed by atoms with van der Waals surface area (Å²) in [6, 6.07) is 18.3. The van der Waals surface area contributed by atoms with Crippen LogP contribution in [0.5, 0.6) is 11.5 Å². The molecule has 4 aromatic rings. The van der Waals surface area contributed by atoms with Crippen molar-refractivity contribution < 1.29 is 9.47 Å². The predicted octanol–water partition coefficient (Wildman–Crippen LogP) is 4.96. The Balaban J connectivity index is 1.20. The molecular weight excluding hydrogens is 452 g/mol. The summed E-state index contributed by atoms with van der Waals surface area (Å²) in [6.45, 7) is 4.76. The van der Waals surface area contributed by atoms with Crippen molar-refractivity contribution in [2.45, 2.75) is 26.0 Å². The molecule has 182 valence electrons. The Bertz CT molecular complexity index is 1470. The van der Waals surface area contributed by atoms with Gasteiger partial charge in [0.05, 0.1) is 6.61 Å². The highest BCUT2D eigenvalue weighted by Crippen LogP contribution is 2.43. The van der Waals surface area contributed by atoms with Crippen LogP contribution < -0.4 is 20.5 Å². The summed E-state index contributed by atoms with van der Waals surface area (Å²) in [6.07, 6.45) is 6.10. The fraction of sp³-hybridized carbons (Fsp3) is 0.241. The first-order chi connectivity index (χ1) is 17.6. The van der Waals surface area contributed by atoms with Crippen molar-refractivity contribution >= 4 is 11.4 Å². The number of pyridine rings is 2. The minimum Gasteiger partial charge on any atom is -0.456 e. The number of aryl methyl sites for hydroxylation is 1. The quantitative estimate of drug-likeness (QED) is 0.370. The number of morpholine rings is 1. The van der Waals surface area contributed by atoms with Crippen LogP contribution in [-0.4, -0.2) is 29.7 Å². The average molecular weight is 481 g/mol. The first kappa shape index (κ1) is 22.4. The van der Waals surface area contributed by atoms with Gasteiger partial charge in [0, 0.05) is 73.2 Å². The standard InChI is InChI=1S/C29H28N4O3/c1-19-11-20(16-30-15-19)17-32-23-5-6-26-22(13-23)12-21-3-2-4-25(29(21)36-26)27-18-33(9-10-35-27)24-7-8-31-28(34)14-24/h2-8,11,13-16,27,32H,9-10,12,17-18H2,1H3,(H,31,34). The van der Waals surface area contributed by atoms with E-state index in [0.717, 1.165) is 70.2 Å². The van der Waals surface area contributed by atoms with E-state index in [4.69, 9.17) is 9.47 Å². The van der Waals surface area contributed by atoms with Crippen molar-refractivity contribution in [1.82, 2.24) is 9.97 Å². The number of H-pyrrole nitrogens is 1. The minimum atomic E-state index is -0.140. The highest BCUT2D eigenvalue weighted by Gasteiger charge is 2.28. The van der Waals surface area contributed by atoms with Gasteiger partial charge in [0.25, 0.3) is 0 Å². The van der Waals surface area contributed by atoms with Crippen LogP contribution in [-0.2, 0) is 17.7 Å². The second-order valence-electron chi connectivity index (χ2n) is 9.38. The van der Waals surface area contributed by atoms with Gasteiger partial charge in [-0.1, -0.05) is 24.3 Å². The molecule has 0 bridgehead atoms. The minimum absolute atomic E-state index is 0.100. The number of ether oxygens (including phenoxy) is 2. The van der Waals surface area contributed by atoms with E-state index in [-0.39, 0.29) is 11.7 Å². The number of aromatic amines is 1. The SMILES string of the molecule is Cc1cncc(CNc2ccc3c(c2)Cc2cccc(C4CN(c5cc[nH]c(=O)c5)CCO4)c2O3)c1. The van der Waals surface area contributed by atoms with Crippen molar-refractivity contribution in [2.75, 3.05) is 29.9 Å². The molecule has 2 aliphatic rings. The summed E-state index contributed by atoms with van der Waals surface area (Å²) in [5, 5.41) is 3.50. The summed E-state index contributed by atoms with van der Waals surface area (Å²) < 4.78 is 12.6. The summed E-state index contributed by atoms with van der Waals surface area (Å²) >= 11 is 0. The van der Waals surface area contributed by atoms with Crippen LogP contribution in [0.2, 0.25) is 0 Å². The number of benzene rings is 2. The highest BCUT2D eigenvalue weighted by atomic mass is 16.5. The summed E-state index contributed by atoms with van der Waals surface area (Å²) in [5.41, 5.74) is 7.52. The smallest absolute Gasteiger partial charge is 0.249 e. The number of para-hydroxylation sites is 1. The Kier molecular flexibility index (Phi) is 5.91. The van der Waals surface area contributed by atoms with Crippen molar-refractivity contribution in [2.24, 2.45) is 0 Å². The summed E-state index contributed by atoms with van der Waals surface area (Å²) in [4.78, 5) is 21.0. The topological polar surface area (TPSA) is 79.5 Å². The number of nitrogens with zero attached hydrogens (tertiary/aromatic N) is 2. The summed E-state index contributed by atoms with van der Waals surface area (Å²) in [5.74, 6) is 1.76. The lowest BCUT2D eigenvalue weighted by molar-refractivity contribution is 0.0384. The Morgan fingerprint density at radius 3 is 2.94 bits per heavy atom. The van der Waals surface area contributed by atoms with Crippen LogP contribution >= 0.6 is 0 Å². The lowest BCUT2D eigenvalue weighted by Gasteiger charge is -2.36. The molecule has 1 saturated heterocycles. The number of fused-ring (bicyclic) bond motifs is 2. The predicted molar refractivity (Wildman–Crippen MR) is 140 cm³/mol. The summed E-state index contributed by atoms with van der Waals surface area (Å²) in [7, 11) is 0. The van der Waals surface area contributed by atoms with Crippen molar-refractivity contribution in [3.05, 3.63) is 111 Å². The van der Waals surface area contributed by atoms with E-state index in [1.807, 2.05) is 24.5 Å². The van der Waals surface area contributed by atoms with Crippen molar-refractivity contribution in [3.63, 3.8) is 0 Å². The molecule has 0 saturated carbocycles. The molecule has 4 heterocycles. The second-order valence-corrected chi connectivity index (χ2v) is 9.38. The zero-order chi connectivity index (χ0) is 24.5. The molecule has 2 N–H and O–H groups in total. The molecule has 6 rings (SSSR count). The molecule has 2 aromatic carbocycles. The molecule has 0 aliphatic carbocycles. The van der Waals surface area contributed by atoms with Crippen LogP contribution in [0.25, 0.3) is 0 Å². The number of hydrogen-bond donors (Lipinski definition) is 2. The molecule has 1 fully saturated rings. The number of nitrogens with one attached hydrogen (secondary N) is 2. The van der Waals surface area contributed by atoms with Gasteiger partial charge in [-0.25, -0.2) is 0 Å². The van der Waals surface area contributed by atoms with Gasteiger partial charge in [0.2, 0.25) is 5.56 Å². The van der Waals surface area contributed by atoms with E-state index >= 15 is 0 Å². The van der Waals surface area contributed by atoms with E-state index in [1.165, 1.54) is 0 Å². The Labute approximate surface area is 209 Å². The molecule has 7 nitrogen and oxygen atoms in total. The number of hydrogen-bond acceptors (Lipinski definition) is 6. The molecule has 1 unspecified atom stereocenters. The highest BCUT2D eigenvalue weighted by molar-refractivity contribution is 5.59. The van der Waals surface area contributed by atoms with Gasteiger partial charge >= 0.3 is 0 Å². The molecule has 36 heavy (non-hydrogen) atoms. The first-order valence-electron chi connectivity index (χ1n) is 12.2. The maximum atomic E-state index is 11.8. The normalized spacial score (nSPS) is 16.6. The molecule has 0 radical (unpaired) electrons. The van der Waals surface area contributed by atoms with E-state index in [0.29, 0.717) is 13.2 Å². The maximum absolute atomic E-state index is 11.8. The van der Waals surface area contributed by atoms with Crippen LogP contribution in [0.3, 0.4) is 0 Å². The molecular formula is C29H28N4O3. The van der Waals surface area contributed by atoms with E-state index < -0.39 is 0 Å². The third-order valence-electron chi connectivity index (χ3n) is 6.75. The van der Waals surface area contributed by atoms with Crippen LogP contribution in [0.15, 0.2) is 78.0 Å². The van der Waals surface area contributed by atoms with E-state index in [1.54, 1.807) is 12.3 Å². The fourth-order valence-electron chi connectivity index (χ4n) is 4.98. The van der Waals surface area contributed by atoms with Gasteiger partial charge in [-0.05, 0) is 47.9 Å². The molecule has 2 aromatic heterocycles. The average Bonchev–Trinajstić information content (AvgIpc) is 2.90. The zero-order valence-corrected chi connectivity index (χ0v) is 20.2. The van der Waals surface area contributed by atoms with Crippen LogP contribution in [0.1, 0.15) is 33.9 Å². The van der Waals surface area contributed by atoms with Gasteiger partial charge in [-0.15, -0.1) is 0 Å². The zero-order valence-electron chi connectivity index (χ0n) is 20.2. The maximum Gasteiger partial charge on any atom is 0.249 e. The number of rotatable bonds is 5. The molecule has 0 spiro atoms. The van der Waals surface area contributed by atoms with Gasteiger partial charge in [0.1, 0.15) is 17.6 Å². The van der Waals surface area contributed by atoms with Gasteiger partial charge < -0.3 is 24.7 Å². The fourth-order valence-corrected chi connectivity index (χ4v) is 4.98. The molecule has 7 heteroatoms. The third kappa shape index (κ3) is 4.57. The largest absolute Gasteiger partial charge is 0.456 e. The third-order valence-corrected chi connectivity index (χ3v) is 6.75. The number of aromatic nitrogens is 2. The molecule has 1 atom stereocenters. The second kappa shape index (κ2) is 9.51. The van der Waals surface area contributed by atoms with Gasteiger partial charge in [0.15, 0.2) is 0 Å². The monoisotopic (exact) mass is 480 g/mol. The lowest BCUT2D eigenvalue weighted by atomic mass is 9.95. The Morgan fingerprint density at radius 2 is 2.06 bits per heavy atom. The van der Waals surface area contributed by atoms with E-state index in [2.05, 4.69) is 63.5 Å². The van der Waals surface area contributed by atoms with Crippen molar-refractivity contribution in [3.8, 4) is 11.5 Å². The van der Waals surface area contributed by atoms with Gasteiger partial charge in [-0.2, -0.15) is 0 Å².